The van der Waals surface area contributed by atoms with Crippen LogP contribution in [0.1, 0.15) is 45.4 Å². The first kappa shape index (κ1) is 13.9. The van der Waals surface area contributed by atoms with Gasteiger partial charge in [-0.1, -0.05) is 32.6 Å². The van der Waals surface area contributed by atoms with Crippen molar-refractivity contribution in [2.45, 2.75) is 51.7 Å². The average molecular weight is 217 g/mol. The van der Waals surface area contributed by atoms with Gasteiger partial charge >= 0.3 is 5.97 Å². The van der Waals surface area contributed by atoms with E-state index >= 15 is 0 Å². The van der Waals surface area contributed by atoms with Crippen LogP contribution in [0.2, 0.25) is 0 Å². The zero-order valence-corrected chi connectivity index (χ0v) is 9.03. The second kappa shape index (κ2) is 8.23. The third-order valence-corrected chi connectivity index (χ3v) is 2.04. The van der Waals surface area contributed by atoms with Crippen LogP contribution in [0.15, 0.2) is 0 Å². The molecule has 0 aliphatic carbocycles. The van der Waals surface area contributed by atoms with Crippen LogP contribution in [0.3, 0.4) is 0 Å². The monoisotopic (exact) mass is 217 g/mol. The summed E-state index contributed by atoms with van der Waals surface area (Å²) in [4.78, 5) is 21.2. The number of rotatable bonds is 8. The number of carboxylic acids is 1. The van der Waals surface area contributed by atoms with Gasteiger partial charge in [0, 0.05) is 6.42 Å². The Morgan fingerprint density at radius 1 is 1.20 bits per heavy atom. The summed E-state index contributed by atoms with van der Waals surface area (Å²) in [5.41, 5.74) is 0. The van der Waals surface area contributed by atoms with E-state index in [4.69, 9.17) is 10.2 Å². The van der Waals surface area contributed by atoms with Crippen molar-refractivity contribution in [2.24, 2.45) is 0 Å². The Bertz CT molecular complexity index is 206. The van der Waals surface area contributed by atoms with Crippen LogP contribution in [0.5, 0.6) is 0 Å². The van der Waals surface area contributed by atoms with Crippen molar-refractivity contribution in [3.8, 4) is 0 Å². The fourth-order valence-corrected chi connectivity index (χ4v) is 1.18. The Labute approximate surface area is 89.5 Å². The Kier molecular flexibility index (Phi) is 7.62. The standard InChI is InChI=1S/C10H19NO4/c1-2-3-4-5-6-7-8(12)11-9(13)10(14)15/h9,13H,2-7H2,1H3,(H,11,12)(H,14,15). The molecule has 1 unspecified atom stereocenters. The molecule has 0 saturated carbocycles. The number of hydrogen-bond donors (Lipinski definition) is 3. The lowest BCUT2D eigenvalue weighted by molar-refractivity contribution is -0.151. The minimum atomic E-state index is -1.78. The first-order chi connectivity index (χ1) is 7.07. The molecule has 0 bridgehead atoms. The lowest BCUT2D eigenvalue weighted by atomic mass is 10.1. The highest BCUT2D eigenvalue weighted by atomic mass is 16.4. The van der Waals surface area contributed by atoms with Crippen LogP contribution in [-0.4, -0.2) is 28.3 Å². The molecular weight excluding hydrogens is 198 g/mol. The van der Waals surface area contributed by atoms with Crippen molar-refractivity contribution >= 4 is 11.9 Å². The Hall–Kier alpha value is -1.10. The van der Waals surface area contributed by atoms with Crippen molar-refractivity contribution in [3.05, 3.63) is 0 Å². The SMILES string of the molecule is CCCCCCCC(=O)NC(O)C(=O)O. The highest BCUT2D eigenvalue weighted by Gasteiger charge is 2.14. The predicted molar refractivity (Wildman–Crippen MR) is 55.2 cm³/mol. The van der Waals surface area contributed by atoms with E-state index in [0.29, 0.717) is 0 Å². The third-order valence-electron chi connectivity index (χ3n) is 2.04. The number of hydrogen-bond acceptors (Lipinski definition) is 3. The van der Waals surface area contributed by atoms with Gasteiger partial charge in [-0.05, 0) is 6.42 Å². The molecule has 0 aromatic carbocycles. The summed E-state index contributed by atoms with van der Waals surface area (Å²) in [5.74, 6) is -1.85. The van der Waals surface area contributed by atoms with Crippen molar-refractivity contribution in [3.63, 3.8) is 0 Å². The maximum Gasteiger partial charge on any atom is 0.353 e. The molecule has 0 aromatic rings. The van der Waals surface area contributed by atoms with Gasteiger partial charge in [-0.25, -0.2) is 4.79 Å². The molecule has 5 nitrogen and oxygen atoms in total. The minimum absolute atomic E-state index is 0.272. The molecule has 0 rings (SSSR count). The molecule has 0 aromatic heterocycles. The lowest BCUT2D eigenvalue weighted by Gasteiger charge is -2.07. The lowest BCUT2D eigenvalue weighted by Crippen LogP contribution is -2.40. The number of aliphatic hydroxyl groups excluding tert-OH is 1. The number of aliphatic hydroxyl groups is 1. The van der Waals surface area contributed by atoms with E-state index in [2.05, 4.69) is 6.92 Å². The van der Waals surface area contributed by atoms with Gasteiger partial charge in [0.25, 0.3) is 0 Å². The number of amides is 1. The van der Waals surface area contributed by atoms with E-state index in [1.165, 1.54) is 0 Å². The van der Waals surface area contributed by atoms with Crippen LogP contribution < -0.4 is 5.32 Å². The van der Waals surface area contributed by atoms with Crippen LogP contribution >= 0.6 is 0 Å². The molecule has 88 valence electrons. The fourth-order valence-electron chi connectivity index (χ4n) is 1.18. The van der Waals surface area contributed by atoms with E-state index in [-0.39, 0.29) is 6.42 Å². The number of nitrogens with one attached hydrogen (secondary N) is 1. The van der Waals surface area contributed by atoms with Gasteiger partial charge in [0.15, 0.2) is 0 Å². The maximum absolute atomic E-state index is 11.1. The quantitative estimate of drug-likeness (QED) is 0.416. The summed E-state index contributed by atoms with van der Waals surface area (Å²) in [6.45, 7) is 2.11. The average Bonchev–Trinajstić information content (AvgIpc) is 2.17. The number of carboxylic acid groups (broad SMARTS) is 1. The molecule has 1 amide bonds. The highest BCUT2D eigenvalue weighted by molar-refractivity contribution is 5.82. The van der Waals surface area contributed by atoms with Crippen molar-refractivity contribution in [2.75, 3.05) is 0 Å². The molecule has 3 N–H and O–H groups in total. The van der Waals surface area contributed by atoms with Gasteiger partial charge in [0.2, 0.25) is 12.1 Å². The normalized spacial score (nSPS) is 12.1. The van der Waals surface area contributed by atoms with Crippen molar-refractivity contribution < 1.29 is 19.8 Å². The van der Waals surface area contributed by atoms with Crippen molar-refractivity contribution in [1.82, 2.24) is 5.32 Å². The largest absolute Gasteiger partial charge is 0.478 e. The molecule has 5 heteroatoms. The van der Waals surface area contributed by atoms with Gasteiger partial charge < -0.3 is 15.5 Å². The fraction of sp³-hybridized carbons (Fsp3) is 0.800. The Morgan fingerprint density at radius 3 is 2.33 bits per heavy atom. The molecule has 0 fully saturated rings. The molecule has 0 radical (unpaired) electrons. The van der Waals surface area contributed by atoms with Crippen LogP contribution in [0, 0.1) is 0 Å². The molecule has 1 atom stereocenters. The maximum atomic E-state index is 11.1. The number of carbonyl (C=O) groups excluding carboxylic acids is 1. The summed E-state index contributed by atoms with van der Waals surface area (Å²) >= 11 is 0. The van der Waals surface area contributed by atoms with Crippen LogP contribution in [-0.2, 0) is 9.59 Å². The molecule has 0 spiro atoms. The molecule has 0 aliphatic heterocycles. The Morgan fingerprint density at radius 2 is 1.80 bits per heavy atom. The highest BCUT2D eigenvalue weighted by Crippen LogP contribution is 2.04. The molecule has 0 saturated heterocycles. The minimum Gasteiger partial charge on any atom is -0.478 e. The summed E-state index contributed by atoms with van der Waals surface area (Å²) in [5, 5.41) is 19.1. The zero-order valence-electron chi connectivity index (χ0n) is 9.03. The van der Waals surface area contributed by atoms with Crippen LogP contribution in [0.4, 0.5) is 0 Å². The molecule has 15 heavy (non-hydrogen) atoms. The number of carbonyl (C=O) groups is 2. The summed E-state index contributed by atoms with van der Waals surface area (Å²) in [7, 11) is 0. The molecule has 0 heterocycles. The van der Waals surface area contributed by atoms with Crippen molar-refractivity contribution in [1.29, 1.82) is 0 Å². The van der Waals surface area contributed by atoms with E-state index in [1.807, 2.05) is 5.32 Å². The van der Waals surface area contributed by atoms with E-state index < -0.39 is 18.1 Å². The smallest absolute Gasteiger partial charge is 0.353 e. The number of unbranched alkanes of at least 4 members (excludes halogenated alkanes) is 4. The second-order valence-electron chi connectivity index (χ2n) is 3.47. The topological polar surface area (TPSA) is 86.6 Å². The third kappa shape index (κ3) is 7.93. The number of aliphatic carboxylic acids is 1. The van der Waals surface area contributed by atoms with E-state index in [0.717, 1.165) is 32.1 Å². The van der Waals surface area contributed by atoms with Gasteiger partial charge in [-0.3, -0.25) is 4.79 Å². The van der Waals surface area contributed by atoms with Gasteiger partial charge in [0.1, 0.15) is 0 Å². The summed E-state index contributed by atoms with van der Waals surface area (Å²) in [6, 6.07) is 0. The Balaban J connectivity index is 3.45. The van der Waals surface area contributed by atoms with Gasteiger partial charge in [-0.2, -0.15) is 0 Å². The predicted octanol–water partition coefficient (Wildman–Crippen LogP) is 0.866. The van der Waals surface area contributed by atoms with Crippen LogP contribution in [0.25, 0.3) is 0 Å². The summed E-state index contributed by atoms with van der Waals surface area (Å²) < 4.78 is 0. The zero-order chi connectivity index (χ0) is 11.7. The van der Waals surface area contributed by atoms with Gasteiger partial charge in [0.05, 0.1) is 0 Å². The second-order valence-corrected chi connectivity index (χ2v) is 3.47. The first-order valence-corrected chi connectivity index (χ1v) is 5.28. The van der Waals surface area contributed by atoms with E-state index in [1.54, 1.807) is 0 Å². The summed E-state index contributed by atoms with van der Waals surface area (Å²) in [6.07, 6.45) is 3.57. The van der Waals surface area contributed by atoms with E-state index in [9.17, 15) is 9.59 Å². The molecule has 0 aliphatic rings. The van der Waals surface area contributed by atoms with Gasteiger partial charge in [-0.15, -0.1) is 0 Å². The molecular formula is C10H19NO4. The first-order valence-electron chi connectivity index (χ1n) is 5.28.